The number of hydrogen-bond acceptors (Lipinski definition) is 4. The highest BCUT2D eigenvalue weighted by atomic mass is 19.4. The zero-order valence-electron chi connectivity index (χ0n) is 10.0. The van der Waals surface area contributed by atoms with Gasteiger partial charge in [0.05, 0.1) is 12.1 Å². The van der Waals surface area contributed by atoms with E-state index in [1.807, 2.05) is 5.32 Å². The van der Waals surface area contributed by atoms with E-state index < -0.39 is 24.2 Å². The number of aliphatic hydroxyl groups is 1. The van der Waals surface area contributed by atoms with Gasteiger partial charge in [0.15, 0.2) is 11.5 Å². The van der Waals surface area contributed by atoms with Crippen LogP contribution in [0.2, 0.25) is 0 Å². The fourth-order valence-corrected chi connectivity index (χ4v) is 2.42. The summed E-state index contributed by atoms with van der Waals surface area (Å²) in [6, 6.07) is 2.13. The molecule has 1 heterocycles. The number of carbonyl (C=O) groups is 1. The maximum absolute atomic E-state index is 12.3. The van der Waals surface area contributed by atoms with Gasteiger partial charge in [-0.1, -0.05) is 0 Å². The molecule has 0 fully saturated rings. The summed E-state index contributed by atoms with van der Waals surface area (Å²) in [5.74, 6) is -1.20. The van der Waals surface area contributed by atoms with E-state index in [4.69, 9.17) is 9.47 Å². The highest BCUT2D eigenvalue weighted by Gasteiger charge is 2.42. The van der Waals surface area contributed by atoms with Gasteiger partial charge in [-0.2, -0.15) is 13.2 Å². The van der Waals surface area contributed by atoms with E-state index in [2.05, 4.69) is 0 Å². The summed E-state index contributed by atoms with van der Waals surface area (Å²) in [5.41, 5.74) is 0.862. The van der Waals surface area contributed by atoms with Crippen molar-refractivity contribution < 1.29 is 32.5 Å². The van der Waals surface area contributed by atoms with Crippen LogP contribution in [-0.2, 0) is 4.79 Å². The van der Waals surface area contributed by atoms with Crippen LogP contribution in [0.4, 0.5) is 13.2 Å². The van der Waals surface area contributed by atoms with Gasteiger partial charge < -0.3 is 19.9 Å². The second kappa shape index (κ2) is 4.27. The van der Waals surface area contributed by atoms with Crippen LogP contribution in [0, 0.1) is 0 Å². The van der Waals surface area contributed by atoms with E-state index in [0.717, 1.165) is 0 Å². The number of amides is 1. The van der Waals surface area contributed by atoms with Crippen molar-refractivity contribution in [2.24, 2.45) is 0 Å². The van der Waals surface area contributed by atoms with Gasteiger partial charge >= 0.3 is 12.1 Å². The summed E-state index contributed by atoms with van der Waals surface area (Å²) in [5, 5.41) is 11.7. The van der Waals surface area contributed by atoms with E-state index in [0.29, 0.717) is 22.6 Å². The molecule has 1 aliphatic carbocycles. The highest BCUT2D eigenvalue weighted by Crippen LogP contribution is 2.45. The standard InChI is InChI=1S/C12H10F3NO4/c13-12(14,15)11(18)16-7-3-8(17)6-2-10-9(1-5(6)7)19-4-20-10/h1-2,7-8,17H,3-4H2,(H,16,18). The molecular formula is C12H10F3NO4. The molecule has 1 amide bonds. The molecular weight excluding hydrogens is 279 g/mol. The van der Waals surface area contributed by atoms with Crippen molar-refractivity contribution in [1.82, 2.24) is 5.32 Å². The average Bonchev–Trinajstić information content (AvgIpc) is 2.92. The van der Waals surface area contributed by atoms with Gasteiger partial charge in [-0.05, 0) is 23.3 Å². The lowest BCUT2D eigenvalue weighted by molar-refractivity contribution is -0.174. The van der Waals surface area contributed by atoms with E-state index in [1.54, 1.807) is 0 Å². The van der Waals surface area contributed by atoms with E-state index >= 15 is 0 Å². The summed E-state index contributed by atoms with van der Waals surface area (Å²) < 4.78 is 47.1. The van der Waals surface area contributed by atoms with Gasteiger partial charge in [-0.3, -0.25) is 4.79 Å². The van der Waals surface area contributed by atoms with Crippen molar-refractivity contribution in [2.45, 2.75) is 24.7 Å². The highest BCUT2D eigenvalue weighted by molar-refractivity contribution is 5.82. The predicted molar refractivity (Wildman–Crippen MR) is 59.1 cm³/mol. The fraction of sp³-hybridized carbons (Fsp3) is 0.417. The van der Waals surface area contributed by atoms with Gasteiger partial charge in [0.1, 0.15) is 0 Å². The molecule has 8 heteroatoms. The van der Waals surface area contributed by atoms with Gasteiger partial charge in [-0.25, -0.2) is 0 Å². The molecule has 0 saturated heterocycles. The zero-order chi connectivity index (χ0) is 14.5. The number of alkyl halides is 3. The molecule has 20 heavy (non-hydrogen) atoms. The van der Waals surface area contributed by atoms with Crippen LogP contribution in [-0.4, -0.2) is 24.0 Å². The second-order valence-corrected chi connectivity index (χ2v) is 4.61. The lowest BCUT2D eigenvalue weighted by atomic mass is 10.1. The van der Waals surface area contributed by atoms with Crippen LogP contribution in [0.3, 0.4) is 0 Å². The predicted octanol–water partition coefficient (Wildman–Crippen LogP) is 1.57. The fourth-order valence-electron chi connectivity index (χ4n) is 2.42. The maximum Gasteiger partial charge on any atom is 0.471 e. The average molecular weight is 289 g/mol. The Kier molecular flexibility index (Phi) is 2.79. The molecule has 0 bridgehead atoms. The number of hydrogen-bond donors (Lipinski definition) is 2. The molecule has 0 aromatic heterocycles. The maximum atomic E-state index is 12.3. The number of benzene rings is 1. The van der Waals surface area contributed by atoms with Gasteiger partial charge in [0.25, 0.3) is 0 Å². The van der Waals surface area contributed by atoms with Crippen molar-refractivity contribution >= 4 is 5.91 Å². The molecule has 0 radical (unpaired) electrons. The Hall–Kier alpha value is -1.96. The van der Waals surface area contributed by atoms with E-state index in [9.17, 15) is 23.1 Å². The third-order valence-corrected chi connectivity index (χ3v) is 3.33. The number of ether oxygens (including phenoxy) is 2. The van der Waals surface area contributed by atoms with Crippen LogP contribution in [0.15, 0.2) is 12.1 Å². The molecule has 1 aliphatic heterocycles. The first-order valence-corrected chi connectivity index (χ1v) is 5.85. The number of rotatable bonds is 1. The first-order chi connectivity index (χ1) is 9.36. The molecule has 0 saturated carbocycles. The number of fused-ring (bicyclic) bond motifs is 2. The molecule has 1 aromatic rings. The minimum atomic E-state index is -4.95. The minimum absolute atomic E-state index is 0.0138. The number of carbonyl (C=O) groups excluding carboxylic acids is 1. The van der Waals surface area contributed by atoms with Crippen LogP contribution >= 0.6 is 0 Å². The Morgan fingerprint density at radius 2 is 1.85 bits per heavy atom. The SMILES string of the molecule is O=C(NC1CC(O)c2cc3c(cc21)OCO3)C(F)(F)F. The first kappa shape index (κ1) is 13.0. The molecule has 3 rings (SSSR count). The molecule has 108 valence electrons. The molecule has 1 aromatic carbocycles. The Morgan fingerprint density at radius 3 is 2.45 bits per heavy atom. The summed E-state index contributed by atoms with van der Waals surface area (Å²) in [6.07, 6.45) is -5.91. The van der Waals surface area contributed by atoms with Gasteiger partial charge in [0.2, 0.25) is 6.79 Å². The number of aliphatic hydroxyl groups excluding tert-OH is 1. The molecule has 2 N–H and O–H groups in total. The summed E-state index contributed by atoms with van der Waals surface area (Å²) in [7, 11) is 0. The van der Waals surface area contributed by atoms with Crippen LogP contribution in [0.5, 0.6) is 11.5 Å². The topological polar surface area (TPSA) is 67.8 Å². The van der Waals surface area contributed by atoms with Crippen LogP contribution < -0.4 is 14.8 Å². The van der Waals surface area contributed by atoms with Crippen LogP contribution in [0.1, 0.15) is 29.7 Å². The van der Waals surface area contributed by atoms with Gasteiger partial charge in [-0.15, -0.1) is 0 Å². The van der Waals surface area contributed by atoms with E-state index in [1.165, 1.54) is 12.1 Å². The monoisotopic (exact) mass is 289 g/mol. The first-order valence-electron chi connectivity index (χ1n) is 5.85. The lowest BCUT2D eigenvalue weighted by Gasteiger charge is -2.15. The molecule has 5 nitrogen and oxygen atoms in total. The molecule has 0 spiro atoms. The Morgan fingerprint density at radius 1 is 1.25 bits per heavy atom. The largest absolute Gasteiger partial charge is 0.471 e. The third-order valence-electron chi connectivity index (χ3n) is 3.33. The van der Waals surface area contributed by atoms with Crippen molar-refractivity contribution in [3.63, 3.8) is 0 Å². The zero-order valence-corrected chi connectivity index (χ0v) is 10.0. The molecule has 2 aliphatic rings. The second-order valence-electron chi connectivity index (χ2n) is 4.61. The van der Waals surface area contributed by atoms with Crippen molar-refractivity contribution in [3.05, 3.63) is 23.3 Å². The Balaban J connectivity index is 1.90. The van der Waals surface area contributed by atoms with E-state index in [-0.39, 0.29) is 13.2 Å². The smallest absolute Gasteiger partial charge is 0.454 e. The number of nitrogens with one attached hydrogen (secondary N) is 1. The minimum Gasteiger partial charge on any atom is -0.454 e. The Bertz CT molecular complexity index is 573. The lowest BCUT2D eigenvalue weighted by Crippen LogP contribution is -2.38. The molecule has 2 atom stereocenters. The van der Waals surface area contributed by atoms with Crippen molar-refractivity contribution in [3.8, 4) is 11.5 Å². The quantitative estimate of drug-likeness (QED) is 0.823. The summed E-state index contributed by atoms with van der Waals surface area (Å²) >= 11 is 0. The third kappa shape index (κ3) is 2.05. The number of halogens is 3. The summed E-state index contributed by atoms with van der Waals surface area (Å²) in [6.45, 7) is 0.0217. The van der Waals surface area contributed by atoms with Crippen molar-refractivity contribution in [1.29, 1.82) is 0 Å². The van der Waals surface area contributed by atoms with Crippen LogP contribution in [0.25, 0.3) is 0 Å². The normalized spacial score (nSPS) is 23.6. The molecule has 2 unspecified atom stereocenters. The Labute approximate surface area is 111 Å². The van der Waals surface area contributed by atoms with Crippen molar-refractivity contribution in [2.75, 3.05) is 6.79 Å². The summed E-state index contributed by atoms with van der Waals surface area (Å²) in [4.78, 5) is 11.0. The van der Waals surface area contributed by atoms with Gasteiger partial charge in [0, 0.05) is 6.42 Å².